The van der Waals surface area contributed by atoms with Gasteiger partial charge in [-0.05, 0) is 31.2 Å². The van der Waals surface area contributed by atoms with E-state index >= 15 is 0 Å². The minimum atomic E-state index is -0.478. The number of morpholine rings is 1. The van der Waals surface area contributed by atoms with Crippen LogP contribution in [0.5, 0.6) is 5.75 Å². The van der Waals surface area contributed by atoms with E-state index in [1.165, 1.54) is 0 Å². The van der Waals surface area contributed by atoms with Gasteiger partial charge < -0.3 is 20.1 Å². The van der Waals surface area contributed by atoms with Crippen LogP contribution in [0.1, 0.15) is 6.92 Å². The quantitative estimate of drug-likeness (QED) is 0.860. The summed E-state index contributed by atoms with van der Waals surface area (Å²) < 4.78 is 10.6. The molecular weight excluding hydrogens is 232 g/mol. The van der Waals surface area contributed by atoms with Gasteiger partial charge in [-0.25, -0.2) is 0 Å². The Morgan fingerprint density at radius 1 is 1.44 bits per heavy atom. The Morgan fingerprint density at radius 3 is 2.67 bits per heavy atom. The zero-order valence-corrected chi connectivity index (χ0v) is 10.7. The molecule has 18 heavy (non-hydrogen) atoms. The summed E-state index contributed by atoms with van der Waals surface area (Å²) >= 11 is 0. The molecule has 5 heteroatoms. The van der Waals surface area contributed by atoms with Crippen molar-refractivity contribution in [3.05, 3.63) is 24.3 Å². The second-order valence-corrected chi connectivity index (χ2v) is 4.62. The largest absolute Gasteiger partial charge is 0.497 e. The Hall–Kier alpha value is -1.59. The third kappa shape index (κ3) is 2.47. The van der Waals surface area contributed by atoms with Crippen molar-refractivity contribution in [3.63, 3.8) is 0 Å². The van der Waals surface area contributed by atoms with Gasteiger partial charge in [-0.3, -0.25) is 4.79 Å². The number of hydrogen-bond acceptors (Lipinski definition) is 4. The number of anilines is 1. The van der Waals surface area contributed by atoms with Gasteiger partial charge in [0.05, 0.1) is 19.3 Å². The van der Waals surface area contributed by atoms with Crippen LogP contribution >= 0.6 is 0 Å². The fourth-order valence-electron chi connectivity index (χ4n) is 1.90. The molecule has 5 nitrogen and oxygen atoms in total. The van der Waals surface area contributed by atoms with Crippen molar-refractivity contribution in [1.82, 2.24) is 0 Å². The molecule has 1 saturated heterocycles. The first-order valence-corrected chi connectivity index (χ1v) is 5.86. The first kappa shape index (κ1) is 12.9. The molecule has 2 rings (SSSR count). The van der Waals surface area contributed by atoms with Crippen LogP contribution in [0.4, 0.5) is 5.69 Å². The lowest BCUT2D eigenvalue weighted by atomic mass is 10.0. The van der Waals surface area contributed by atoms with E-state index in [9.17, 15) is 4.79 Å². The first-order valence-electron chi connectivity index (χ1n) is 5.86. The summed E-state index contributed by atoms with van der Waals surface area (Å²) in [7, 11) is 1.61. The molecule has 2 N–H and O–H groups in total. The highest BCUT2D eigenvalue weighted by atomic mass is 16.5. The van der Waals surface area contributed by atoms with Gasteiger partial charge in [0.2, 0.25) is 0 Å². The van der Waals surface area contributed by atoms with Gasteiger partial charge in [0.15, 0.2) is 0 Å². The lowest BCUT2D eigenvalue weighted by Gasteiger charge is -2.39. The van der Waals surface area contributed by atoms with Gasteiger partial charge in [-0.1, -0.05) is 0 Å². The van der Waals surface area contributed by atoms with Crippen LogP contribution in [-0.4, -0.2) is 38.3 Å². The van der Waals surface area contributed by atoms with Crippen LogP contribution in [-0.2, 0) is 9.53 Å². The van der Waals surface area contributed by atoms with Crippen molar-refractivity contribution in [1.29, 1.82) is 0 Å². The van der Waals surface area contributed by atoms with E-state index in [1.807, 2.05) is 31.2 Å². The summed E-state index contributed by atoms with van der Waals surface area (Å²) in [6, 6.07) is 7.38. The first-order chi connectivity index (χ1) is 8.58. The number of nitrogens with zero attached hydrogens (tertiary/aromatic N) is 1. The van der Waals surface area contributed by atoms with Crippen molar-refractivity contribution < 1.29 is 14.3 Å². The normalized spacial score (nSPS) is 24.2. The van der Waals surface area contributed by atoms with E-state index in [0.29, 0.717) is 13.1 Å². The van der Waals surface area contributed by atoms with Crippen LogP contribution in [0.2, 0.25) is 0 Å². The maximum absolute atomic E-state index is 11.9. The highest BCUT2D eigenvalue weighted by Gasteiger charge is 2.35. The summed E-state index contributed by atoms with van der Waals surface area (Å²) in [5, 5.41) is 0. The predicted octanol–water partition coefficient (Wildman–Crippen LogP) is 0.776. The molecule has 0 saturated carbocycles. The fourth-order valence-corrected chi connectivity index (χ4v) is 1.90. The second kappa shape index (κ2) is 4.96. The third-order valence-electron chi connectivity index (χ3n) is 3.15. The van der Waals surface area contributed by atoms with Crippen LogP contribution < -0.4 is 15.4 Å². The van der Waals surface area contributed by atoms with Crippen LogP contribution in [0.15, 0.2) is 24.3 Å². The summed E-state index contributed by atoms with van der Waals surface area (Å²) in [4.78, 5) is 13.6. The zero-order chi connectivity index (χ0) is 13.2. The van der Waals surface area contributed by atoms with Gasteiger partial charge in [0.25, 0.3) is 5.91 Å². The number of rotatable bonds is 3. The average molecular weight is 250 g/mol. The van der Waals surface area contributed by atoms with Gasteiger partial charge in [0.1, 0.15) is 12.4 Å². The van der Waals surface area contributed by atoms with Gasteiger partial charge in [0, 0.05) is 12.2 Å². The number of ether oxygens (including phenoxy) is 2. The summed E-state index contributed by atoms with van der Waals surface area (Å²) in [6.07, 6.45) is 0. The molecule has 0 spiro atoms. The van der Waals surface area contributed by atoms with Crippen molar-refractivity contribution in [2.45, 2.75) is 12.5 Å². The number of carbonyl (C=O) groups is 1. The number of nitrogens with two attached hydrogens (primary N) is 1. The van der Waals surface area contributed by atoms with E-state index in [2.05, 4.69) is 0 Å². The highest BCUT2D eigenvalue weighted by Crippen LogP contribution is 2.25. The van der Waals surface area contributed by atoms with E-state index < -0.39 is 5.60 Å². The number of benzene rings is 1. The molecule has 1 unspecified atom stereocenters. The second-order valence-electron chi connectivity index (χ2n) is 4.62. The number of carbonyl (C=O) groups excluding carboxylic acids is 1. The lowest BCUT2D eigenvalue weighted by Crippen LogP contribution is -2.56. The molecule has 1 aliphatic heterocycles. The molecule has 98 valence electrons. The van der Waals surface area contributed by atoms with Crippen molar-refractivity contribution in [2.24, 2.45) is 5.73 Å². The zero-order valence-electron chi connectivity index (χ0n) is 10.7. The fraction of sp³-hybridized carbons (Fsp3) is 0.462. The van der Waals surface area contributed by atoms with Crippen LogP contribution in [0, 0.1) is 0 Å². The smallest absolute Gasteiger partial charge is 0.253 e. The number of methoxy groups -OCH3 is 1. The van der Waals surface area contributed by atoms with Gasteiger partial charge >= 0.3 is 0 Å². The van der Waals surface area contributed by atoms with Crippen molar-refractivity contribution >= 4 is 11.6 Å². The highest BCUT2D eigenvalue weighted by molar-refractivity contribution is 5.95. The van der Waals surface area contributed by atoms with Crippen molar-refractivity contribution in [3.8, 4) is 5.75 Å². The Kier molecular flexibility index (Phi) is 3.54. The molecule has 0 bridgehead atoms. The Bertz CT molecular complexity index is 432. The minimum Gasteiger partial charge on any atom is -0.497 e. The Morgan fingerprint density at radius 2 is 2.11 bits per heavy atom. The van der Waals surface area contributed by atoms with E-state index in [0.717, 1.165) is 11.4 Å². The molecule has 1 aliphatic rings. The Labute approximate surface area is 106 Å². The molecule has 1 amide bonds. The molecule has 1 aromatic carbocycles. The predicted molar refractivity (Wildman–Crippen MR) is 68.8 cm³/mol. The molecule has 1 fully saturated rings. The van der Waals surface area contributed by atoms with E-state index in [4.69, 9.17) is 15.2 Å². The Balaban J connectivity index is 2.21. The van der Waals surface area contributed by atoms with E-state index in [-0.39, 0.29) is 12.5 Å². The summed E-state index contributed by atoms with van der Waals surface area (Å²) in [5.41, 5.74) is 6.04. The molecule has 0 aromatic heterocycles. The van der Waals surface area contributed by atoms with Gasteiger partial charge in [-0.2, -0.15) is 0 Å². The average Bonchev–Trinajstić information content (AvgIpc) is 2.42. The molecule has 1 heterocycles. The van der Waals surface area contributed by atoms with Crippen molar-refractivity contribution in [2.75, 3.05) is 31.7 Å². The van der Waals surface area contributed by atoms with Gasteiger partial charge in [-0.15, -0.1) is 0 Å². The maximum Gasteiger partial charge on any atom is 0.253 e. The lowest BCUT2D eigenvalue weighted by molar-refractivity contribution is -0.135. The molecule has 0 aliphatic carbocycles. The number of hydrogen-bond donors (Lipinski definition) is 1. The topological polar surface area (TPSA) is 64.8 Å². The minimum absolute atomic E-state index is 0.0499. The van der Waals surface area contributed by atoms with E-state index in [1.54, 1.807) is 12.0 Å². The molecular formula is C13H18N2O3. The third-order valence-corrected chi connectivity index (χ3v) is 3.15. The SMILES string of the molecule is COc1ccc(N2CC(C)(CN)OCC2=O)cc1. The van der Waals surface area contributed by atoms with Crippen LogP contribution in [0.3, 0.4) is 0 Å². The monoisotopic (exact) mass is 250 g/mol. The summed E-state index contributed by atoms with van der Waals surface area (Å²) in [6.45, 7) is 2.83. The molecule has 1 atom stereocenters. The standard InChI is InChI=1S/C13H18N2O3/c1-13(8-14)9-15(12(16)7-18-13)10-3-5-11(17-2)6-4-10/h3-6H,7-9,14H2,1-2H3. The molecule has 1 aromatic rings. The van der Waals surface area contributed by atoms with Crippen LogP contribution in [0.25, 0.3) is 0 Å². The maximum atomic E-state index is 11.9. The number of amides is 1. The molecule has 0 radical (unpaired) electrons. The summed E-state index contributed by atoms with van der Waals surface area (Å²) in [5.74, 6) is 0.715.